The number of nitrogens with zero attached hydrogens (tertiary/aromatic N) is 2. The predicted molar refractivity (Wildman–Crippen MR) is 70.3 cm³/mol. The standard InChI is InChI=1S/C12H16BrN3/c1-5-7-10-14-9(13)8-11(15-10)16-12(3,4)6-2/h2,8H,5,7H2,1,3-4H3,(H,14,15,16). The van der Waals surface area contributed by atoms with Crippen molar-refractivity contribution in [2.24, 2.45) is 0 Å². The molecule has 0 aliphatic rings. The molecule has 1 heterocycles. The highest BCUT2D eigenvalue weighted by Crippen LogP contribution is 2.17. The average Bonchev–Trinajstić information content (AvgIpc) is 2.16. The molecule has 1 aromatic heterocycles. The summed E-state index contributed by atoms with van der Waals surface area (Å²) in [4.78, 5) is 8.70. The van der Waals surface area contributed by atoms with Crippen LogP contribution in [0, 0.1) is 12.3 Å². The second-order valence-electron chi connectivity index (χ2n) is 4.14. The van der Waals surface area contributed by atoms with Gasteiger partial charge in [0.15, 0.2) is 0 Å². The first-order chi connectivity index (χ1) is 7.46. The summed E-state index contributed by atoms with van der Waals surface area (Å²) < 4.78 is 0.779. The third kappa shape index (κ3) is 3.82. The first-order valence-electron chi connectivity index (χ1n) is 5.26. The summed E-state index contributed by atoms with van der Waals surface area (Å²) in [6.45, 7) is 5.97. The van der Waals surface area contributed by atoms with Crippen molar-refractivity contribution >= 4 is 21.7 Å². The maximum Gasteiger partial charge on any atom is 0.132 e. The maximum absolute atomic E-state index is 5.42. The lowest BCUT2D eigenvalue weighted by Gasteiger charge is -2.20. The molecular weight excluding hydrogens is 266 g/mol. The van der Waals surface area contributed by atoms with E-state index < -0.39 is 5.54 Å². The van der Waals surface area contributed by atoms with Gasteiger partial charge in [-0.05, 0) is 36.2 Å². The van der Waals surface area contributed by atoms with Crippen LogP contribution in [-0.4, -0.2) is 15.5 Å². The van der Waals surface area contributed by atoms with Crippen LogP contribution in [0.15, 0.2) is 10.7 Å². The maximum atomic E-state index is 5.42. The molecule has 0 aliphatic carbocycles. The van der Waals surface area contributed by atoms with Crippen LogP contribution < -0.4 is 5.32 Å². The normalized spacial score (nSPS) is 10.9. The monoisotopic (exact) mass is 281 g/mol. The number of nitrogens with one attached hydrogen (secondary N) is 1. The number of hydrogen-bond donors (Lipinski definition) is 1. The number of halogens is 1. The van der Waals surface area contributed by atoms with Gasteiger partial charge >= 0.3 is 0 Å². The largest absolute Gasteiger partial charge is 0.354 e. The van der Waals surface area contributed by atoms with Crippen LogP contribution in [-0.2, 0) is 6.42 Å². The lowest BCUT2D eigenvalue weighted by molar-refractivity contribution is 0.729. The lowest BCUT2D eigenvalue weighted by atomic mass is 10.1. The van der Waals surface area contributed by atoms with E-state index in [1.807, 2.05) is 19.9 Å². The van der Waals surface area contributed by atoms with E-state index in [1.165, 1.54) is 0 Å². The Bertz CT molecular complexity index is 407. The van der Waals surface area contributed by atoms with Gasteiger partial charge in [-0.2, -0.15) is 0 Å². The summed E-state index contributed by atoms with van der Waals surface area (Å²) in [6.07, 6.45) is 7.31. The van der Waals surface area contributed by atoms with Crippen LogP contribution in [0.2, 0.25) is 0 Å². The third-order valence-electron chi connectivity index (χ3n) is 2.02. The van der Waals surface area contributed by atoms with Crippen LogP contribution in [0.1, 0.15) is 33.0 Å². The van der Waals surface area contributed by atoms with Crippen molar-refractivity contribution in [3.63, 3.8) is 0 Å². The molecule has 0 radical (unpaired) electrons. The minimum Gasteiger partial charge on any atom is -0.354 e. The molecular formula is C12H16BrN3. The Balaban J connectivity index is 2.93. The molecule has 1 rings (SSSR count). The molecule has 0 aliphatic heterocycles. The van der Waals surface area contributed by atoms with Crippen molar-refractivity contribution in [2.75, 3.05) is 5.32 Å². The molecule has 0 bridgehead atoms. The van der Waals surface area contributed by atoms with Crippen LogP contribution in [0.3, 0.4) is 0 Å². The van der Waals surface area contributed by atoms with Crippen molar-refractivity contribution in [2.45, 2.75) is 39.2 Å². The zero-order valence-electron chi connectivity index (χ0n) is 9.84. The Morgan fingerprint density at radius 1 is 1.50 bits per heavy atom. The number of aromatic nitrogens is 2. The predicted octanol–water partition coefficient (Wildman–Crippen LogP) is 3.02. The molecule has 86 valence electrons. The number of rotatable bonds is 4. The highest BCUT2D eigenvalue weighted by atomic mass is 79.9. The Labute approximate surface area is 105 Å². The quantitative estimate of drug-likeness (QED) is 0.681. The topological polar surface area (TPSA) is 37.8 Å². The average molecular weight is 282 g/mol. The third-order valence-corrected chi connectivity index (χ3v) is 2.42. The Morgan fingerprint density at radius 2 is 2.19 bits per heavy atom. The van der Waals surface area contributed by atoms with E-state index in [9.17, 15) is 0 Å². The molecule has 0 atom stereocenters. The summed E-state index contributed by atoms with van der Waals surface area (Å²) in [7, 11) is 0. The van der Waals surface area contributed by atoms with Gasteiger partial charge in [-0.3, -0.25) is 0 Å². The van der Waals surface area contributed by atoms with Gasteiger partial charge in [-0.1, -0.05) is 12.8 Å². The van der Waals surface area contributed by atoms with Crippen LogP contribution in [0.4, 0.5) is 5.82 Å². The summed E-state index contributed by atoms with van der Waals surface area (Å²) >= 11 is 3.37. The molecule has 0 fully saturated rings. The second-order valence-corrected chi connectivity index (χ2v) is 4.95. The SMILES string of the molecule is C#CC(C)(C)Nc1cc(Br)nc(CCC)n1. The van der Waals surface area contributed by atoms with Gasteiger partial charge in [0, 0.05) is 12.5 Å². The van der Waals surface area contributed by atoms with E-state index in [0.29, 0.717) is 0 Å². The van der Waals surface area contributed by atoms with E-state index in [1.54, 1.807) is 0 Å². The smallest absolute Gasteiger partial charge is 0.132 e. The van der Waals surface area contributed by atoms with Gasteiger partial charge in [0.1, 0.15) is 16.2 Å². The van der Waals surface area contributed by atoms with Gasteiger partial charge in [-0.15, -0.1) is 6.42 Å². The fourth-order valence-electron chi connectivity index (χ4n) is 1.22. The molecule has 16 heavy (non-hydrogen) atoms. The molecule has 1 aromatic rings. The van der Waals surface area contributed by atoms with E-state index >= 15 is 0 Å². The van der Waals surface area contributed by atoms with Gasteiger partial charge in [0.2, 0.25) is 0 Å². The molecule has 0 saturated carbocycles. The molecule has 0 spiro atoms. The van der Waals surface area contributed by atoms with Gasteiger partial charge in [0.25, 0.3) is 0 Å². The number of anilines is 1. The first kappa shape index (κ1) is 13.0. The second kappa shape index (κ2) is 5.31. The van der Waals surface area contributed by atoms with E-state index in [2.05, 4.69) is 44.1 Å². The number of hydrogen-bond acceptors (Lipinski definition) is 3. The molecule has 1 N–H and O–H groups in total. The zero-order chi connectivity index (χ0) is 12.2. The molecule has 0 unspecified atom stereocenters. The minimum absolute atomic E-state index is 0.405. The molecule has 0 aromatic carbocycles. The van der Waals surface area contributed by atoms with Crippen molar-refractivity contribution in [3.8, 4) is 12.3 Å². The van der Waals surface area contributed by atoms with Gasteiger partial charge in [-0.25, -0.2) is 9.97 Å². The van der Waals surface area contributed by atoms with Crippen molar-refractivity contribution in [1.29, 1.82) is 0 Å². The Morgan fingerprint density at radius 3 is 2.75 bits per heavy atom. The zero-order valence-corrected chi connectivity index (χ0v) is 11.4. The fraction of sp³-hybridized carbons (Fsp3) is 0.500. The minimum atomic E-state index is -0.405. The van der Waals surface area contributed by atoms with Crippen molar-refractivity contribution in [1.82, 2.24) is 9.97 Å². The molecule has 0 saturated heterocycles. The highest BCUT2D eigenvalue weighted by Gasteiger charge is 2.14. The summed E-state index contributed by atoms with van der Waals surface area (Å²) in [5, 5.41) is 3.19. The molecule has 3 nitrogen and oxygen atoms in total. The van der Waals surface area contributed by atoms with Gasteiger partial charge in [0.05, 0.1) is 5.54 Å². The molecule has 4 heteroatoms. The lowest BCUT2D eigenvalue weighted by Crippen LogP contribution is -2.29. The number of terminal acetylenes is 1. The summed E-state index contributed by atoms with van der Waals surface area (Å²) in [5.74, 6) is 4.26. The van der Waals surface area contributed by atoms with E-state index in [4.69, 9.17) is 6.42 Å². The molecule has 0 amide bonds. The Kier molecular flexibility index (Phi) is 4.31. The Hall–Kier alpha value is -1.08. The van der Waals surface area contributed by atoms with Crippen LogP contribution >= 0.6 is 15.9 Å². The summed E-state index contributed by atoms with van der Waals surface area (Å²) in [5.41, 5.74) is -0.405. The highest BCUT2D eigenvalue weighted by molar-refractivity contribution is 9.10. The van der Waals surface area contributed by atoms with E-state index in [-0.39, 0.29) is 0 Å². The van der Waals surface area contributed by atoms with Gasteiger partial charge < -0.3 is 5.32 Å². The number of aryl methyl sites for hydroxylation is 1. The first-order valence-corrected chi connectivity index (χ1v) is 6.05. The fourth-order valence-corrected chi connectivity index (χ4v) is 1.64. The van der Waals surface area contributed by atoms with Crippen molar-refractivity contribution in [3.05, 3.63) is 16.5 Å². The van der Waals surface area contributed by atoms with E-state index in [0.717, 1.165) is 29.1 Å². The van der Waals surface area contributed by atoms with Crippen LogP contribution in [0.25, 0.3) is 0 Å². The summed E-state index contributed by atoms with van der Waals surface area (Å²) in [6, 6.07) is 1.83. The van der Waals surface area contributed by atoms with Crippen LogP contribution in [0.5, 0.6) is 0 Å². The van der Waals surface area contributed by atoms with Crippen molar-refractivity contribution < 1.29 is 0 Å².